The van der Waals surface area contributed by atoms with Gasteiger partial charge in [-0.15, -0.1) is 0 Å². The molecule has 0 bridgehead atoms. The highest BCUT2D eigenvalue weighted by Crippen LogP contribution is 2.23. The number of rotatable bonds is 5. The molecule has 0 saturated heterocycles. The molecule has 0 aliphatic rings. The number of benzene rings is 1. The number of methoxy groups -OCH3 is 1. The maximum absolute atomic E-state index is 11.7. The minimum absolute atomic E-state index is 0.0235. The molecule has 1 aromatic carbocycles. The molecular weight excluding hydrogens is 242 g/mol. The molecule has 0 aromatic heterocycles. The van der Waals surface area contributed by atoms with Gasteiger partial charge >= 0.3 is 0 Å². The smallest absolute Gasteiger partial charge is 0.235 e. The number of aliphatic imine (C=N–C) groups is 1. The summed E-state index contributed by atoms with van der Waals surface area (Å²) in [5.41, 5.74) is 0.547. The number of sulfone groups is 1. The molecule has 0 unspecified atom stereocenters. The van der Waals surface area contributed by atoms with Gasteiger partial charge in [-0.05, 0) is 18.2 Å². The van der Waals surface area contributed by atoms with E-state index in [1.165, 1.54) is 25.3 Å². The maximum Gasteiger partial charge on any atom is 0.235 e. The molecule has 5 nitrogen and oxygen atoms in total. The summed E-state index contributed by atoms with van der Waals surface area (Å²) in [6.07, 6.45) is 1.41. The molecule has 17 heavy (non-hydrogen) atoms. The third-order valence-electron chi connectivity index (χ3n) is 2.30. The van der Waals surface area contributed by atoms with Gasteiger partial charge in [-0.1, -0.05) is 6.92 Å². The molecule has 0 N–H and O–H groups in total. The summed E-state index contributed by atoms with van der Waals surface area (Å²) < 4.78 is 28.4. The summed E-state index contributed by atoms with van der Waals surface area (Å²) >= 11 is 0. The molecule has 0 spiro atoms. The van der Waals surface area contributed by atoms with Gasteiger partial charge in [0.15, 0.2) is 9.84 Å². The Morgan fingerprint density at radius 2 is 2.12 bits per heavy atom. The lowest BCUT2D eigenvalue weighted by atomic mass is 10.2. The molecular formula is C11H13NO4S. The highest BCUT2D eigenvalue weighted by atomic mass is 32.2. The van der Waals surface area contributed by atoms with Crippen LogP contribution in [0.1, 0.15) is 12.5 Å². The minimum atomic E-state index is -3.27. The summed E-state index contributed by atoms with van der Waals surface area (Å²) in [7, 11) is -1.80. The lowest BCUT2D eigenvalue weighted by molar-refractivity contribution is 0.409. The molecule has 0 aliphatic carbocycles. The second-order valence-corrected chi connectivity index (χ2v) is 5.56. The van der Waals surface area contributed by atoms with Crippen LogP contribution >= 0.6 is 0 Å². The molecule has 0 heterocycles. The van der Waals surface area contributed by atoms with Gasteiger partial charge in [0.25, 0.3) is 0 Å². The quantitative estimate of drug-likeness (QED) is 0.587. The Morgan fingerprint density at radius 1 is 1.41 bits per heavy atom. The number of nitrogens with zero attached hydrogens (tertiary/aromatic N) is 1. The van der Waals surface area contributed by atoms with Crippen LogP contribution in [0.15, 0.2) is 28.1 Å². The van der Waals surface area contributed by atoms with E-state index in [1.807, 2.05) is 0 Å². The van der Waals surface area contributed by atoms with Crippen molar-refractivity contribution in [3.05, 3.63) is 23.8 Å². The van der Waals surface area contributed by atoms with Gasteiger partial charge in [0, 0.05) is 5.56 Å². The molecule has 0 amide bonds. The summed E-state index contributed by atoms with van der Waals surface area (Å²) in [4.78, 5) is 13.7. The zero-order chi connectivity index (χ0) is 12.9. The number of hydrogen-bond donors (Lipinski definition) is 0. The van der Waals surface area contributed by atoms with E-state index in [9.17, 15) is 13.2 Å². The first-order chi connectivity index (χ1) is 8.05. The first-order valence-corrected chi connectivity index (χ1v) is 6.63. The summed E-state index contributed by atoms with van der Waals surface area (Å²) in [6.45, 7) is 1.63. The Hall–Kier alpha value is -1.65. The topological polar surface area (TPSA) is 72.8 Å². The highest BCUT2D eigenvalue weighted by Gasteiger charge is 2.14. The van der Waals surface area contributed by atoms with Crippen molar-refractivity contribution in [1.29, 1.82) is 0 Å². The monoisotopic (exact) mass is 255 g/mol. The van der Waals surface area contributed by atoms with Crippen molar-refractivity contribution in [2.45, 2.75) is 18.4 Å². The van der Waals surface area contributed by atoms with Gasteiger partial charge < -0.3 is 4.74 Å². The second-order valence-electron chi connectivity index (χ2n) is 3.28. The number of carbonyl (C=O) groups excluding carboxylic acids is 1. The van der Waals surface area contributed by atoms with Gasteiger partial charge in [-0.2, -0.15) is 0 Å². The van der Waals surface area contributed by atoms with Crippen molar-refractivity contribution in [2.24, 2.45) is 4.99 Å². The first-order valence-electron chi connectivity index (χ1n) is 4.98. The number of hydrogen-bond acceptors (Lipinski definition) is 5. The predicted octanol–water partition coefficient (Wildman–Crippen LogP) is 1.32. The molecule has 1 rings (SSSR count). The number of isocyanates is 1. The third-order valence-corrected chi connectivity index (χ3v) is 4.04. The Balaban J connectivity index is 3.26. The van der Waals surface area contributed by atoms with Crippen molar-refractivity contribution in [1.82, 2.24) is 0 Å². The van der Waals surface area contributed by atoms with Gasteiger partial charge in [0.1, 0.15) is 5.75 Å². The molecule has 92 valence electrons. The van der Waals surface area contributed by atoms with Crippen molar-refractivity contribution < 1.29 is 17.9 Å². The van der Waals surface area contributed by atoms with Gasteiger partial charge in [-0.3, -0.25) is 0 Å². The van der Waals surface area contributed by atoms with Crippen LogP contribution in [-0.4, -0.2) is 27.4 Å². The van der Waals surface area contributed by atoms with Crippen LogP contribution in [0.3, 0.4) is 0 Å². The normalized spacial score (nSPS) is 10.7. The second kappa shape index (κ2) is 5.61. The molecule has 0 radical (unpaired) electrons. The summed E-state index contributed by atoms with van der Waals surface area (Å²) in [5, 5.41) is 0. The molecule has 0 atom stereocenters. The van der Waals surface area contributed by atoms with Crippen molar-refractivity contribution in [2.75, 3.05) is 12.9 Å². The van der Waals surface area contributed by atoms with Gasteiger partial charge in [0.2, 0.25) is 6.08 Å². The number of ether oxygens (including phenoxy) is 1. The summed E-state index contributed by atoms with van der Waals surface area (Å²) in [6, 6.07) is 4.50. The fourth-order valence-electron chi connectivity index (χ4n) is 1.36. The Morgan fingerprint density at radius 3 is 2.65 bits per heavy atom. The SMILES string of the molecule is CCS(=O)(=O)c1ccc(OC)c(CN=C=O)c1. The fourth-order valence-corrected chi connectivity index (χ4v) is 2.29. The Kier molecular flexibility index (Phi) is 4.43. The van der Waals surface area contributed by atoms with E-state index >= 15 is 0 Å². The maximum atomic E-state index is 11.7. The zero-order valence-corrected chi connectivity index (χ0v) is 10.5. The average molecular weight is 255 g/mol. The zero-order valence-electron chi connectivity index (χ0n) is 9.63. The van der Waals surface area contributed by atoms with Gasteiger partial charge in [0.05, 0.1) is 24.3 Å². The Labute approximate surface area is 100 Å². The molecule has 0 saturated carbocycles. The minimum Gasteiger partial charge on any atom is -0.496 e. The van der Waals surface area contributed by atoms with Crippen LogP contribution in [0.2, 0.25) is 0 Å². The van der Waals surface area contributed by atoms with E-state index in [4.69, 9.17) is 4.74 Å². The average Bonchev–Trinajstić information content (AvgIpc) is 2.35. The van der Waals surface area contributed by atoms with E-state index in [-0.39, 0.29) is 17.2 Å². The third kappa shape index (κ3) is 3.15. The first kappa shape index (κ1) is 13.4. The Bertz CT molecular complexity index is 545. The van der Waals surface area contributed by atoms with Crippen LogP contribution in [0.4, 0.5) is 0 Å². The van der Waals surface area contributed by atoms with Crippen LogP contribution in [0.25, 0.3) is 0 Å². The largest absolute Gasteiger partial charge is 0.496 e. The van der Waals surface area contributed by atoms with Crippen LogP contribution in [0, 0.1) is 0 Å². The van der Waals surface area contributed by atoms with E-state index < -0.39 is 9.84 Å². The molecule has 0 aliphatic heterocycles. The lowest BCUT2D eigenvalue weighted by Crippen LogP contribution is -2.04. The van der Waals surface area contributed by atoms with Gasteiger partial charge in [-0.25, -0.2) is 18.2 Å². The molecule has 6 heteroatoms. The van der Waals surface area contributed by atoms with Crippen LogP contribution in [-0.2, 0) is 21.2 Å². The lowest BCUT2D eigenvalue weighted by Gasteiger charge is -2.08. The van der Waals surface area contributed by atoms with E-state index in [2.05, 4.69) is 4.99 Å². The van der Waals surface area contributed by atoms with Crippen LogP contribution < -0.4 is 4.74 Å². The van der Waals surface area contributed by atoms with E-state index in [0.29, 0.717) is 11.3 Å². The van der Waals surface area contributed by atoms with E-state index in [0.717, 1.165) is 0 Å². The summed E-state index contributed by atoms with van der Waals surface area (Å²) in [5.74, 6) is 0.523. The van der Waals surface area contributed by atoms with Crippen molar-refractivity contribution in [3.63, 3.8) is 0 Å². The molecule has 0 fully saturated rings. The van der Waals surface area contributed by atoms with Crippen molar-refractivity contribution >= 4 is 15.9 Å². The fraction of sp³-hybridized carbons (Fsp3) is 0.364. The van der Waals surface area contributed by atoms with E-state index in [1.54, 1.807) is 13.0 Å². The van der Waals surface area contributed by atoms with Crippen LogP contribution in [0.5, 0.6) is 5.75 Å². The standard InChI is InChI=1S/C11H13NO4S/c1-3-17(14,15)10-4-5-11(16-2)9(6-10)7-12-8-13/h4-6H,3,7H2,1-2H3. The highest BCUT2D eigenvalue weighted by molar-refractivity contribution is 7.91. The molecule has 1 aromatic rings. The predicted molar refractivity (Wildman–Crippen MR) is 62.5 cm³/mol. The van der Waals surface area contributed by atoms with Crippen molar-refractivity contribution in [3.8, 4) is 5.75 Å².